The molecule has 1 aromatic heterocycles. The number of rotatable bonds is 4. The summed E-state index contributed by atoms with van der Waals surface area (Å²) in [6.07, 6.45) is 0.854. The van der Waals surface area contributed by atoms with Gasteiger partial charge in [-0.1, -0.05) is 24.6 Å². The van der Waals surface area contributed by atoms with Crippen LogP contribution in [0, 0.1) is 0 Å². The Kier molecular flexibility index (Phi) is 4.20. The van der Waals surface area contributed by atoms with Crippen molar-refractivity contribution in [1.82, 2.24) is 0 Å². The lowest BCUT2D eigenvalue weighted by Gasteiger charge is -2.09. The number of methoxy groups -OCH3 is 1. The van der Waals surface area contributed by atoms with E-state index >= 15 is 0 Å². The van der Waals surface area contributed by atoms with Gasteiger partial charge in [-0.05, 0) is 29.8 Å². The maximum Gasteiger partial charge on any atom is 0.137 e. The Bertz CT molecular complexity index is 534. The largest absolute Gasteiger partial charge is 0.495 e. The molecule has 0 fully saturated rings. The molecular weight excluding hydrogens is 271 g/mol. The summed E-state index contributed by atoms with van der Waals surface area (Å²) in [5.41, 5.74) is 0.888. The van der Waals surface area contributed by atoms with Gasteiger partial charge in [-0.2, -0.15) is 0 Å². The highest BCUT2D eigenvalue weighted by molar-refractivity contribution is 6.32. The maximum absolute atomic E-state index is 6.38. The molecule has 0 bridgehead atoms. The molecule has 1 atom stereocenters. The van der Waals surface area contributed by atoms with E-state index < -0.39 is 0 Å². The van der Waals surface area contributed by atoms with E-state index in [-0.39, 0.29) is 5.38 Å². The lowest BCUT2D eigenvalue weighted by Crippen LogP contribution is -1.93. The van der Waals surface area contributed by atoms with Gasteiger partial charge >= 0.3 is 0 Å². The number of hydrogen-bond acceptors (Lipinski definition) is 2. The van der Waals surface area contributed by atoms with Gasteiger partial charge in [0, 0.05) is 6.42 Å². The number of hydrogen-bond donors (Lipinski definition) is 0. The van der Waals surface area contributed by atoms with E-state index in [1.54, 1.807) is 19.2 Å². The van der Waals surface area contributed by atoms with Gasteiger partial charge in [-0.25, -0.2) is 0 Å². The molecule has 1 aromatic carbocycles. The predicted molar refractivity (Wildman–Crippen MR) is 73.8 cm³/mol. The fourth-order valence-electron chi connectivity index (χ4n) is 1.73. The quantitative estimate of drug-likeness (QED) is 0.750. The SMILES string of the molecule is CCc1ccc(C(Cl)c2ccc(OC)c(Cl)c2)o1. The average Bonchev–Trinajstić information content (AvgIpc) is 2.86. The molecule has 0 saturated carbocycles. The molecule has 1 unspecified atom stereocenters. The Morgan fingerprint density at radius 2 is 2.06 bits per heavy atom. The van der Waals surface area contributed by atoms with E-state index in [0.717, 1.165) is 23.5 Å². The fraction of sp³-hybridized carbons (Fsp3) is 0.286. The zero-order valence-electron chi connectivity index (χ0n) is 10.2. The summed E-state index contributed by atoms with van der Waals surface area (Å²) < 4.78 is 10.7. The van der Waals surface area contributed by atoms with Gasteiger partial charge in [0.05, 0.1) is 12.1 Å². The molecule has 0 radical (unpaired) electrons. The first kappa shape index (κ1) is 13.3. The summed E-state index contributed by atoms with van der Waals surface area (Å²) in [5.74, 6) is 2.29. The van der Waals surface area contributed by atoms with Crippen LogP contribution in [0.1, 0.15) is 29.4 Å². The number of benzene rings is 1. The van der Waals surface area contributed by atoms with E-state index in [1.165, 1.54) is 0 Å². The summed E-state index contributed by atoms with van der Waals surface area (Å²) >= 11 is 12.5. The third-order valence-corrected chi connectivity index (χ3v) is 3.51. The smallest absolute Gasteiger partial charge is 0.137 e. The van der Waals surface area contributed by atoms with Crippen molar-refractivity contribution >= 4 is 23.2 Å². The molecule has 2 aromatic rings. The van der Waals surface area contributed by atoms with Crippen LogP contribution in [0.4, 0.5) is 0 Å². The number of ether oxygens (including phenoxy) is 1. The Morgan fingerprint density at radius 3 is 2.61 bits per heavy atom. The predicted octanol–water partition coefficient (Wildman–Crippen LogP) is 4.83. The highest BCUT2D eigenvalue weighted by atomic mass is 35.5. The minimum Gasteiger partial charge on any atom is -0.495 e. The summed E-state index contributed by atoms with van der Waals surface area (Å²) in [7, 11) is 1.58. The standard InChI is InChI=1S/C14H14Cl2O2/c1-3-10-5-7-13(18-10)14(16)9-4-6-12(17-2)11(15)8-9/h4-8,14H,3H2,1-2H3. The van der Waals surface area contributed by atoms with Crippen molar-refractivity contribution < 1.29 is 9.15 Å². The molecule has 0 spiro atoms. The van der Waals surface area contributed by atoms with Crippen LogP contribution in [0.15, 0.2) is 34.7 Å². The molecular formula is C14H14Cl2O2. The van der Waals surface area contributed by atoms with E-state index in [4.69, 9.17) is 32.4 Å². The number of furan rings is 1. The van der Waals surface area contributed by atoms with Crippen molar-refractivity contribution in [3.8, 4) is 5.75 Å². The molecule has 0 aliphatic heterocycles. The van der Waals surface area contributed by atoms with Crippen molar-refractivity contribution in [3.05, 3.63) is 52.4 Å². The normalized spacial score (nSPS) is 12.4. The Morgan fingerprint density at radius 1 is 1.28 bits per heavy atom. The second-order valence-corrected chi connectivity index (χ2v) is 4.76. The molecule has 4 heteroatoms. The van der Waals surface area contributed by atoms with Crippen LogP contribution in [0.2, 0.25) is 5.02 Å². The zero-order chi connectivity index (χ0) is 13.1. The number of aryl methyl sites for hydroxylation is 1. The highest BCUT2D eigenvalue weighted by Crippen LogP contribution is 2.34. The van der Waals surface area contributed by atoms with Gasteiger partial charge in [0.1, 0.15) is 22.6 Å². The Hall–Kier alpha value is -1.12. The summed E-state index contributed by atoms with van der Waals surface area (Å²) in [4.78, 5) is 0. The molecule has 96 valence electrons. The van der Waals surface area contributed by atoms with Gasteiger partial charge in [0.15, 0.2) is 0 Å². The topological polar surface area (TPSA) is 22.4 Å². The van der Waals surface area contributed by atoms with Crippen LogP contribution < -0.4 is 4.74 Å². The second kappa shape index (κ2) is 5.68. The molecule has 0 aliphatic carbocycles. The van der Waals surface area contributed by atoms with Gasteiger partial charge in [0.2, 0.25) is 0 Å². The van der Waals surface area contributed by atoms with Crippen LogP contribution in [-0.2, 0) is 6.42 Å². The Balaban J connectivity index is 2.27. The maximum atomic E-state index is 6.38. The first-order chi connectivity index (χ1) is 8.65. The third kappa shape index (κ3) is 2.65. The van der Waals surface area contributed by atoms with E-state index in [1.807, 2.05) is 25.1 Å². The number of halogens is 2. The molecule has 2 rings (SSSR count). The minimum absolute atomic E-state index is 0.339. The first-order valence-electron chi connectivity index (χ1n) is 5.71. The van der Waals surface area contributed by atoms with Gasteiger partial charge in [-0.15, -0.1) is 11.6 Å². The Labute approximate surface area is 116 Å². The fourth-order valence-corrected chi connectivity index (χ4v) is 2.24. The van der Waals surface area contributed by atoms with Gasteiger partial charge in [0.25, 0.3) is 0 Å². The van der Waals surface area contributed by atoms with Crippen molar-refractivity contribution in [1.29, 1.82) is 0 Å². The molecule has 0 saturated heterocycles. The summed E-state index contributed by atoms with van der Waals surface area (Å²) in [6.45, 7) is 2.04. The van der Waals surface area contributed by atoms with Crippen LogP contribution >= 0.6 is 23.2 Å². The van der Waals surface area contributed by atoms with E-state index in [0.29, 0.717) is 10.8 Å². The minimum atomic E-state index is -0.339. The third-order valence-electron chi connectivity index (χ3n) is 2.75. The van der Waals surface area contributed by atoms with Crippen LogP contribution in [0.5, 0.6) is 5.75 Å². The lowest BCUT2D eigenvalue weighted by atomic mass is 10.1. The second-order valence-electron chi connectivity index (χ2n) is 3.91. The van der Waals surface area contributed by atoms with Crippen molar-refractivity contribution in [2.75, 3.05) is 7.11 Å². The molecule has 0 aliphatic rings. The molecule has 0 N–H and O–H groups in total. The first-order valence-corrected chi connectivity index (χ1v) is 6.53. The van der Waals surface area contributed by atoms with Crippen molar-refractivity contribution in [3.63, 3.8) is 0 Å². The lowest BCUT2D eigenvalue weighted by molar-refractivity contribution is 0.414. The van der Waals surface area contributed by atoms with Crippen LogP contribution in [0.3, 0.4) is 0 Å². The van der Waals surface area contributed by atoms with Crippen molar-refractivity contribution in [2.45, 2.75) is 18.7 Å². The number of alkyl halides is 1. The zero-order valence-corrected chi connectivity index (χ0v) is 11.8. The molecule has 18 heavy (non-hydrogen) atoms. The highest BCUT2D eigenvalue weighted by Gasteiger charge is 2.16. The molecule has 1 heterocycles. The van der Waals surface area contributed by atoms with Gasteiger partial charge in [-0.3, -0.25) is 0 Å². The van der Waals surface area contributed by atoms with E-state index in [2.05, 4.69) is 0 Å². The van der Waals surface area contributed by atoms with E-state index in [9.17, 15) is 0 Å². The monoisotopic (exact) mass is 284 g/mol. The van der Waals surface area contributed by atoms with Gasteiger partial charge < -0.3 is 9.15 Å². The summed E-state index contributed by atoms with van der Waals surface area (Å²) in [5, 5.41) is 0.205. The van der Waals surface area contributed by atoms with Crippen molar-refractivity contribution in [2.24, 2.45) is 0 Å². The van der Waals surface area contributed by atoms with Crippen LogP contribution in [-0.4, -0.2) is 7.11 Å². The summed E-state index contributed by atoms with van der Waals surface area (Å²) in [6, 6.07) is 9.32. The molecule has 2 nitrogen and oxygen atoms in total. The van der Waals surface area contributed by atoms with Crippen LogP contribution in [0.25, 0.3) is 0 Å². The average molecular weight is 285 g/mol. The molecule has 0 amide bonds.